The zero-order chi connectivity index (χ0) is 24.1. The molecule has 0 saturated heterocycles. The van der Waals surface area contributed by atoms with Gasteiger partial charge in [-0.2, -0.15) is 10.5 Å². The number of aliphatic hydroxyl groups is 1. The number of thiocarbonyl (C=S) groups is 2. The molecule has 2 aliphatic carbocycles. The average Bonchev–Trinajstić information content (AvgIpc) is 2.78. The van der Waals surface area contributed by atoms with Gasteiger partial charge in [-0.25, -0.2) is 6.57 Å². The van der Waals surface area contributed by atoms with Crippen LogP contribution >= 0.6 is 48.0 Å². The lowest BCUT2D eigenvalue weighted by Gasteiger charge is -2.17. The molecule has 3 rings (SSSR count). The zero-order valence-electron chi connectivity index (χ0n) is 17.5. The van der Waals surface area contributed by atoms with Crippen LogP contribution in [0.4, 0.5) is 5.00 Å². The van der Waals surface area contributed by atoms with Crippen molar-refractivity contribution in [2.45, 2.75) is 57.8 Å². The molecule has 10 heteroatoms. The van der Waals surface area contributed by atoms with Gasteiger partial charge in [0.2, 0.25) is 0 Å². The first-order valence-electron chi connectivity index (χ1n) is 9.47. The molecular formula is C21H26N4O2S4. The van der Waals surface area contributed by atoms with Gasteiger partial charge in [0.05, 0.1) is 9.39 Å². The molecular weight excluding hydrogens is 469 g/mol. The molecule has 0 aromatic carbocycles. The first-order valence-corrected chi connectivity index (χ1v) is 11.5. The Labute approximate surface area is 204 Å². The van der Waals surface area contributed by atoms with Crippen LogP contribution in [-0.2, 0) is 17.6 Å². The highest BCUT2D eigenvalue weighted by atomic mass is 32.1. The lowest BCUT2D eigenvalue weighted by molar-refractivity contribution is -0.120. The molecule has 1 saturated carbocycles. The summed E-state index contributed by atoms with van der Waals surface area (Å²) in [6, 6.07) is 3.85. The van der Waals surface area contributed by atoms with E-state index in [1.807, 2.05) is 4.31 Å². The number of nitrogens with two attached hydrogens (primary N) is 1. The van der Waals surface area contributed by atoms with Crippen molar-refractivity contribution in [3.63, 3.8) is 0 Å². The number of ketones is 1. The Morgan fingerprint density at radius 2 is 1.55 bits per heavy atom. The SMILES string of the molecule is CO.N#Cc1c(N)sc(=S)c2c1CCCC2.O=C1CCCCC1.S=C=S.[C-]#[N+]CC#N. The molecule has 1 fully saturated rings. The second-order valence-corrected chi connectivity index (χ2v) is 8.45. The molecule has 0 radical (unpaired) electrons. The number of rotatable bonds is 0. The van der Waals surface area contributed by atoms with E-state index in [0.29, 0.717) is 16.3 Å². The van der Waals surface area contributed by atoms with Gasteiger partial charge in [-0.3, -0.25) is 4.79 Å². The zero-order valence-corrected chi connectivity index (χ0v) is 20.7. The predicted molar refractivity (Wildman–Crippen MR) is 134 cm³/mol. The van der Waals surface area contributed by atoms with Crippen molar-refractivity contribution in [1.82, 2.24) is 0 Å². The fraction of sp³-hybridized carbons (Fsp3) is 0.524. The van der Waals surface area contributed by atoms with E-state index < -0.39 is 0 Å². The van der Waals surface area contributed by atoms with Gasteiger partial charge in [-0.15, -0.1) is 11.3 Å². The van der Waals surface area contributed by atoms with Crippen LogP contribution in [0, 0.1) is 33.1 Å². The molecule has 31 heavy (non-hydrogen) atoms. The summed E-state index contributed by atoms with van der Waals surface area (Å²) in [5, 5.41) is 24.2. The molecule has 1 aromatic heterocycles. The van der Waals surface area contributed by atoms with Crippen molar-refractivity contribution < 1.29 is 9.90 Å². The molecule has 2 aliphatic rings. The van der Waals surface area contributed by atoms with Gasteiger partial charge in [-0.1, -0.05) is 18.6 Å². The maximum atomic E-state index is 10.5. The summed E-state index contributed by atoms with van der Waals surface area (Å²) in [5.74, 6) is 0.464. The third kappa shape index (κ3) is 13.8. The number of hydrogen-bond donors (Lipinski definition) is 2. The molecule has 6 nitrogen and oxygen atoms in total. The standard InChI is InChI=1S/C10H10N2S2.C6H10O.C3H2N2.CH4O.CS2/c11-5-8-6-3-1-2-4-7(6)10(13)14-9(8)12;7-6-4-2-1-3-5-6;1-5-3-2-4;1-2;2-1-3/h1-4,12H2;1-5H2;3H2;2H,1H3;. The molecule has 0 amide bonds. The number of carbonyl (C=O) groups is 1. The van der Waals surface area contributed by atoms with E-state index in [4.69, 9.17) is 40.2 Å². The van der Waals surface area contributed by atoms with Crippen molar-refractivity contribution in [1.29, 1.82) is 10.5 Å². The number of anilines is 1. The van der Waals surface area contributed by atoms with Crippen molar-refractivity contribution in [3.8, 4) is 12.1 Å². The molecule has 0 atom stereocenters. The van der Waals surface area contributed by atoms with Crippen molar-refractivity contribution in [2.24, 2.45) is 0 Å². The van der Waals surface area contributed by atoms with Crippen LogP contribution in [0.1, 0.15) is 61.6 Å². The molecule has 0 bridgehead atoms. The Balaban J connectivity index is 0. The van der Waals surface area contributed by atoms with E-state index in [-0.39, 0.29) is 6.54 Å². The number of fused-ring (bicyclic) bond motifs is 1. The van der Waals surface area contributed by atoms with Gasteiger partial charge >= 0.3 is 0 Å². The maximum Gasteiger partial charge on any atom is 0.298 e. The van der Waals surface area contributed by atoms with E-state index in [1.165, 1.54) is 29.7 Å². The van der Waals surface area contributed by atoms with Gasteiger partial charge in [-0.05, 0) is 74.1 Å². The maximum absolute atomic E-state index is 10.5. The number of nitrogens with zero attached hydrogens (tertiary/aromatic N) is 3. The first-order chi connectivity index (χ1) is 15.0. The van der Waals surface area contributed by atoms with Crippen LogP contribution in [0.25, 0.3) is 4.85 Å². The number of nitriles is 2. The second kappa shape index (κ2) is 21.2. The molecule has 0 unspecified atom stereocenters. The molecule has 0 spiro atoms. The summed E-state index contributed by atoms with van der Waals surface area (Å²) in [7, 11) is 1.00. The number of carbonyl (C=O) groups excluding carboxylic acids is 1. The summed E-state index contributed by atoms with van der Waals surface area (Å²) in [6.07, 6.45) is 9.53. The van der Waals surface area contributed by atoms with Gasteiger partial charge in [0.1, 0.15) is 22.9 Å². The summed E-state index contributed by atoms with van der Waals surface area (Å²) in [5.41, 5.74) is 8.76. The minimum atomic E-state index is -0.0139. The van der Waals surface area contributed by atoms with E-state index in [2.05, 4.69) is 35.3 Å². The van der Waals surface area contributed by atoms with Gasteiger partial charge in [0.25, 0.3) is 6.54 Å². The Bertz CT molecular complexity index is 882. The Morgan fingerprint density at radius 3 is 1.90 bits per heavy atom. The first kappa shape index (κ1) is 31.1. The lowest BCUT2D eigenvalue weighted by Crippen LogP contribution is -2.07. The van der Waals surface area contributed by atoms with Gasteiger partial charge in [0, 0.05) is 24.3 Å². The molecule has 1 heterocycles. The van der Waals surface area contributed by atoms with E-state index >= 15 is 0 Å². The highest BCUT2D eigenvalue weighted by molar-refractivity contribution is 7.93. The van der Waals surface area contributed by atoms with Crippen LogP contribution in [0.5, 0.6) is 0 Å². The van der Waals surface area contributed by atoms with Crippen LogP contribution in [0.3, 0.4) is 0 Å². The molecule has 3 N–H and O–H groups in total. The Kier molecular flexibility index (Phi) is 21.2. The highest BCUT2D eigenvalue weighted by Crippen LogP contribution is 2.32. The van der Waals surface area contributed by atoms with Crippen LogP contribution in [0.2, 0.25) is 0 Å². The van der Waals surface area contributed by atoms with Crippen molar-refractivity contribution in [2.75, 3.05) is 19.4 Å². The summed E-state index contributed by atoms with van der Waals surface area (Å²) in [4.78, 5) is 13.2. The average molecular weight is 495 g/mol. The Hall–Kier alpha value is -2.09. The van der Waals surface area contributed by atoms with Gasteiger partial charge in [0.15, 0.2) is 0 Å². The highest BCUT2D eigenvalue weighted by Gasteiger charge is 2.17. The second-order valence-electron chi connectivity index (χ2n) is 6.06. The molecule has 166 valence electrons. The fourth-order valence-corrected chi connectivity index (χ4v) is 4.19. The Morgan fingerprint density at radius 1 is 1.06 bits per heavy atom. The minimum Gasteiger partial charge on any atom is -0.400 e. The van der Waals surface area contributed by atoms with Crippen LogP contribution < -0.4 is 5.73 Å². The van der Waals surface area contributed by atoms with E-state index in [1.54, 1.807) is 6.07 Å². The normalized spacial score (nSPS) is 12.8. The van der Waals surface area contributed by atoms with Crippen LogP contribution in [0.15, 0.2) is 0 Å². The van der Waals surface area contributed by atoms with E-state index in [0.717, 1.165) is 61.4 Å². The number of nitrogen functional groups attached to an aromatic ring is 1. The predicted octanol–water partition coefficient (Wildman–Crippen LogP) is 5.39. The number of Topliss-reactive ketones (excluding diaryl/α,β-unsaturated/α-hetero) is 1. The van der Waals surface area contributed by atoms with Crippen molar-refractivity contribution >= 4 is 63.1 Å². The monoisotopic (exact) mass is 494 g/mol. The quantitative estimate of drug-likeness (QED) is 0.280. The molecule has 0 aliphatic heterocycles. The lowest BCUT2D eigenvalue weighted by atomic mass is 9.91. The minimum absolute atomic E-state index is 0.0139. The summed E-state index contributed by atoms with van der Waals surface area (Å²) < 4.78 is 2.79. The third-order valence-corrected chi connectivity index (χ3v) is 5.49. The fourth-order valence-electron chi connectivity index (χ4n) is 2.87. The van der Waals surface area contributed by atoms with Crippen molar-refractivity contribution in [3.05, 3.63) is 31.9 Å². The topological polar surface area (TPSA) is 115 Å². The van der Waals surface area contributed by atoms with Crippen LogP contribution in [-0.4, -0.2) is 28.9 Å². The summed E-state index contributed by atoms with van der Waals surface area (Å²) in [6.45, 7) is 5.99. The molecule has 1 aromatic rings. The number of aliphatic hydroxyl groups excluding tert-OH is 1. The smallest absolute Gasteiger partial charge is 0.298 e. The third-order valence-electron chi connectivity index (χ3n) is 4.14. The number of hydrogen-bond acceptors (Lipinski definition) is 9. The summed E-state index contributed by atoms with van der Waals surface area (Å²) >= 11 is 14.5. The van der Waals surface area contributed by atoms with Gasteiger partial charge < -0.3 is 15.7 Å². The largest absolute Gasteiger partial charge is 0.400 e. The van der Waals surface area contributed by atoms with E-state index in [9.17, 15) is 4.79 Å².